The first-order chi connectivity index (χ1) is 14.8. The molecule has 0 saturated carbocycles. The number of halogens is 1. The summed E-state index contributed by atoms with van der Waals surface area (Å²) >= 11 is 6.08. The highest BCUT2D eigenvalue weighted by Gasteiger charge is 2.17. The quantitative estimate of drug-likeness (QED) is 0.591. The fourth-order valence-corrected chi connectivity index (χ4v) is 3.68. The summed E-state index contributed by atoms with van der Waals surface area (Å²) in [5, 5.41) is 18.6. The summed E-state index contributed by atoms with van der Waals surface area (Å²) in [4.78, 5) is 25.8. The maximum Gasteiger partial charge on any atom is 0.305 e. The number of hydrogen-bond donors (Lipinski definition) is 2. The van der Waals surface area contributed by atoms with Gasteiger partial charge in [-0.3, -0.25) is 9.59 Å². The van der Waals surface area contributed by atoms with E-state index in [1.165, 1.54) is 0 Å². The highest BCUT2D eigenvalue weighted by molar-refractivity contribution is 6.30. The van der Waals surface area contributed by atoms with Gasteiger partial charge >= 0.3 is 11.9 Å². The van der Waals surface area contributed by atoms with E-state index in [1.54, 1.807) is 4.90 Å². The number of likely N-dealkylation sites (N-methyl/N-ethyl adjacent to an activating group) is 1. The van der Waals surface area contributed by atoms with Crippen LogP contribution in [-0.4, -0.2) is 48.3 Å². The van der Waals surface area contributed by atoms with Crippen LogP contribution in [0.5, 0.6) is 0 Å². The van der Waals surface area contributed by atoms with Crippen LogP contribution >= 0.6 is 11.6 Å². The van der Waals surface area contributed by atoms with Crippen LogP contribution in [0.2, 0.25) is 5.02 Å². The summed E-state index contributed by atoms with van der Waals surface area (Å²) < 4.78 is 0. The van der Waals surface area contributed by atoms with Crippen molar-refractivity contribution < 1.29 is 19.8 Å². The number of carbonyl (C=O) groups is 2. The number of benzene rings is 2. The summed E-state index contributed by atoms with van der Waals surface area (Å²) in [5.74, 6) is -1.82. The van der Waals surface area contributed by atoms with Crippen molar-refractivity contribution in [2.24, 2.45) is 0 Å². The van der Waals surface area contributed by atoms with Gasteiger partial charge in [0.2, 0.25) is 0 Å². The number of anilines is 2. The molecule has 0 spiro atoms. The van der Waals surface area contributed by atoms with Crippen molar-refractivity contribution in [1.82, 2.24) is 0 Å². The van der Waals surface area contributed by atoms with Gasteiger partial charge in [0.15, 0.2) is 0 Å². The molecule has 0 saturated heterocycles. The standard InChI is InChI=1S/C24H25ClN2O4/c1-26-20(10-5-18-16-19(25)6-11-22(18)26)7-2-17-3-8-21(9-4-17)27(14-12-23(28)29)15-13-24(30)31/h2-11,16,20H,12-15H2,1H3,(H,28,29)(H,30,31)/b7-2+. The first-order valence-corrected chi connectivity index (χ1v) is 10.4. The number of fused-ring (bicyclic) bond motifs is 1. The van der Waals surface area contributed by atoms with E-state index in [0.717, 1.165) is 22.5 Å². The van der Waals surface area contributed by atoms with E-state index in [2.05, 4.69) is 23.1 Å². The zero-order chi connectivity index (χ0) is 22.4. The van der Waals surface area contributed by atoms with Crippen molar-refractivity contribution in [2.75, 3.05) is 29.9 Å². The second-order valence-corrected chi connectivity index (χ2v) is 7.83. The van der Waals surface area contributed by atoms with Crippen LogP contribution in [0.3, 0.4) is 0 Å². The molecule has 1 atom stereocenters. The normalized spacial score (nSPS) is 15.2. The Labute approximate surface area is 186 Å². The molecule has 6 nitrogen and oxygen atoms in total. The van der Waals surface area contributed by atoms with E-state index in [9.17, 15) is 9.59 Å². The Kier molecular flexibility index (Phi) is 7.36. The monoisotopic (exact) mass is 440 g/mol. The van der Waals surface area contributed by atoms with Crippen molar-refractivity contribution in [1.29, 1.82) is 0 Å². The van der Waals surface area contributed by atoms with Gasteiger partial charge in [0.05, 0.1) is 18.9 Å². The molecule has 0 radical (unpaired) electrons. The van der Waals surface area contributed by atoms with Gasteiger partial charge in [0.1, 0.15) is 0 Å². The van der Waals surface area contributed by atoms with E-state index < -0.39 is 11.9 Å². The summed E-state index contributed by atoms with van der Waals surface area (Å²) in [6.07, 6.45) is 8.23. The molecule has 0 amide bonds. The van der Waals surface area contributed by atoms with Crippen LogP contribution in [0.15, 0.2) is 54.6 Å². The summed E-state index contributed by atoms with van der Waals surface area (Å²) in [6, 6.07) is 13.6. The summed E-state index contributed by atoms with van der Waals surface area (Å²) in [5.41, 5.74) is 4.01. The molecule has 1 unspecified atom stereocenters. The summed E-state index contributed by atoms with van der Waals surface area (Å²) in [6.45, 7) is 0.526. The molecule has 1 aliphatic heterocycles. The third-order valence-corrected chi connectivity index (χ3v) is 5.46. The van der Waals surface area contributed by atoms with Crippen molar-refractivity contribution in [3.05, 3.63) is 70.8 Å². The minimum atomic E-state index is -0.909. The van der Waals surface area contributed by atoms with E-state index >= 15 is 0 Å². The number of aliphatic carboxylic acids is 2. The van der Waals surface area contributed by atoms with Crippen LogP contribution in [0.4, 0.5) is 11.4 Å². The number of carboxylic acids is 2. The first kappa shape index (κ1) is 22.4. The second kappa shape index (κ2) is 10.2. The molecule has 0 fully saturated rings. The van der Waals surface area contributed by atoms with Crippen LogP contribution in [0.25, 0.3) is 12.2 Å². The maximum absolute atomic E-state index is 10.9. The van der Waals surface area contributed by atoms with Crippen LogP contribution in [-0.2, 0) is 9.59 Å². The molecular weight excluding hydrogens is 416 g/mol. The molecule has 2 aromatic carbocycles. The minimum Gasteiger partial charge on any atom is -0.481 e. The third kappa shape index (κ3) is 6.12. The average Bonchev–Trinajstić information content (AvgIpc) is 2.73. The molecule has 31 heavy (non-hydrogen) atoms. The SMILES string of the molecule is CN1c2ccc(Cl)cc2C=CC1/C=C/c1ccc(N(CCC(=O)O)CCC(=O)O)cc1. The van der Waals surface area contributed by atoms with Crippen molar-refractivity contribution in [2.45, 2.75) is 18.9 Å². The van der Waals surface area contributed by atoms with Gasteiger partial charge in [0.25, 0.3) is 0 Å². The van der Waals surface area contributed by atoms with E-state index in [0.29, 0.717) is 5.02 Å². The number of carboxylic acid groups (broad SMARTS) is 2. The lowest BCUT2D eigenvalue weighted by Gasteiger charge is -2.30. The van der Waals surface area contributed by atoms with E-state index in [1.807, 2.05) is 55.6 Å². The second-order valence-electron chi connectivity index (χ2n) is 7.39. The Morgan fingerprint density at radius 2 is 1.71 bits per heavy atom. The van der Waals surface area contributed by atoms with Crippen molar-refractivity contribution in [3.8, 4) is 0 Å². The van der Waals surface area contributed by atoms with E-state index in [-0.39, 0.29) is 32.0 Å². The first-order valence-electron chi connectivity index (χ1n) is 10.0. The van der Waals surface area contributed by atoms with Gasteiger partial charge in [0, 0.05) is 36.5 Å². The van der Waals surface area contributed by atoms with Gasteiger partial charge in [-0.05, 0) is 41.5 Å². The smallest absolute Gasteiger partial charge is 0.305 e. The topological polar surface area (TPSA) is 81.1 Å². The van der Waals surface area contributed by atoms with Gasteiger partial charge in [-0.15, -0.1) is 0 Å². The lowest BCUT2D eigenvalue weighted by molar-refractivity contribution is -0.137. The Morgan fingerprint density at radius 3 is 2.32 bits per heavy atom. The number of nitrogens with zero attached hydrogens (tertiary/aromatic N) is 2. The van der Waals surface area contributed by atoms with Crippen molar-refractivity contribution >= 4 is 47.1 Å². The van der Waals surface area contributed by atoms with Gasteiger partial charge in [-0.2, -0.15) is 0 Å². The Hall–Kier alpha value is -3.25. The molecule has 7 heteroatoms. The van der Waals surface area contributed by atoms with Crippen LogP contribution < -0.4 is 9.80 Å². The number of rotatable bonds is 9. The molecule has 0 aliphatic carbocycles. The molecule has 1 heterocycles. The zero-order valence-corrected chi connectivity index (χ0v) is 18.0. The lowest BCUT2D eigenvalue weighted by atomic mass is 10.0. The predicted molar refractivity (Wildman–Crippen MR) is 125 cm³/mol. The van der Waals surface area contributed by atoms with E-state index in [4.69, 9.17) is 21.8 Å². The van der Waals surface area contributed by atoms with Gasteiger partial charge in [-0.25, -0.2) is 0 Å². The zero-order valence-electron chi connectivity index (χ0n) is 17.2. The Balaban J connectivity index is 1.69. The molecule has 162 valence electrons. The van der Waals surface area contributed by atoms with Gasteiger partial charge < -0.3 is 20.0 Å². The Morgan fingerprint density at radius 1 is 1.06 bits per heavy atom. The average molecular weight is 441 g/mol. The maximum atomic E-state index is 10.9. The molecule has 0 bridgehead atoms. The fourth-order valence-electron chi connectivity index (χ4n) is 3.50. The predicted octanol–water partition coefficient (Wildman–Crippen LogP) is 4.64. The van der Waals surface area contributed by atoms with Crippen molar-refractivity contribution in [3.63, 3.8) is 0 Å². The lowest BCUT2D eigenvalue weighted by Crippen LogP contribution is -2.30. The van der Waals surface area contributed by atoms with Crippen LogP contribution in [0.1, 0.15) is 24.0 Å². The molecule has 0 aromatic heterocycles. The highest BCUT2D eigenvalue weighted by Crippen LogP contribution is 2.30. The molecule has 1 aliphatic rings. The molecule has 3 rings (SSSR count). The largest absolute Gasteiger partial charge is 0.481 e. The van der Waals surface area contributed by atoms with Gasteiger partial charge in [-0.1, -0.05) is 48.0 Å². The highest BCUT2D eigenvalue weighted by atomic mass is 35.5. The molecule has 2 N–H and O–H groups in total. The number of hydrogen-bond acceptors (Lipinski definition) is 4. The third-order valence-electron chi connectivity index (χ3n) is 5.23. The van der Waals surface area contributed by atoms with Crippen LogP contribution in [0, 0.1) is 0 Å². The molecule has 2 aromatic rings. The summed E-state index contributed by atoms with van der Waals surface area (Å²) in [7, 11) is 2.04. The molecular formula is C24H25ClN2O4. The Bertz CT molecular complexity index is 983. The minimum absolute atomic E-state index is 0.0473. The fraction of sp³-hybridized carbons (Fsp3) is 0.250.